The van der Waals surface area contributed by atoms with Crippen LogP contribution in [-0.2, 0) is 10.2 Å². The number of amides is 1. The second kappa shape index (κ2) is 8.81. The highest BCUT2D eigenvalue weighted by atomic mass is 19.3. The van der Waals surface area contributed by atoms with Crippen LogP contribution < -0.4 is 14.8 Å². The summed E-state index contributed by atoms with van der Waals surface area (Å²) in [4.78, 5) is 12.4. The normalized spacial score (nSPS) is 27.8. The Hall–Kier alpha value is -2.89. The first-order chi connectivity index (χ1) is 15.9. The summed E-state index contributed by atoms with van der Waals surface area (Å²) in [5, 5.41) is 2.90. The molecule has 1 N–H and O–H groups in total. The van der Waals surface area contributed by atoms with E-state index in [4.69, 9.17) is 4.74 Å². The summed E-state index contributed by atoms with van der Waals surface area (Å²) < 4.78 is 34.4. The molecule has 0 heterocycles. The average Bonchev–Trinajstić information content (AvgIpc) is 2.77. The number of rotatable bonds is 7. The molecular formula is C27H29F2NO3. The average molecular weight is 454 g/mol. The minimum atomic E-state index is -2.93. The van der Waals surface area contributed by atoms with Gasteiger partial charge in [-0.15, -0.1) is 0 Å². The van der Waals surface area contributed by atoms with Crippen LogP contribution >= 0.6 is 0 Å². The monoisotopic (exact) mass is 453 g/mol. The zero-order chi connectivity index (χ0) is 23.0. The molecule has 0 aliphatic heterocycles. The highest BCUT2D eigenvalue weighted by Crippen LogP contribution is 2.60. The number of hydrogen-bond acceptors (Lipinski definition) is 3. The quantitative estimate of drug-likeness (QED) is 0.493. The summed E-state index contributed by atoms with van der Waals surface area (Å²) in [6, 6.07) is 12.9. The molecule has 4 saturated carbocycles. The van der Waals surface area contributed by atoms with Crippen LogP contribution in [0.15, 0.2) is 48.5 Å². The molecular weight excluding hydrogens is 424 g/mol. The Morgan fingerprint density at radius 3 is 2.21 bits per heavy atom. The Morgan fingerprint density at radius 1 is 1.00 bits per heavy atom. The number of hydrogen-bond donors (Lipinski definition) is 1. The molecule has 0 unspecified atom stereocenters. The van der Waals surface area contributed by atoms with Gasteiger partial charge in [0.2, 0.25) is 5.91 Å². The van der Waals surface area contributed by atoms with Gasteiger partial charge >= 0.3 is 6.61 Å². The van der Waals surface area contributed by atoms with Gasteiger partial charge in [0.1, 0.15) is 0 Å². The molecule has 4 nitrogen and oxygen atoms in total. The van der Waals surface area contributed by atoms with Gasteiger partial charge in [-0.25, -0.2) is 0 Å². The van der Waals surface area contributed by atoms with Crippen LogP contribution in [0.1, 0.15) is 49.7 Å². The van der Waals surface area contributed by atoms with Crippen molar-refractivity contribution >= 4 is 17.7 Å². The molecule has 174 valence electrons. The van der Waals surface area contributed by atoms with E-state index in [9.17, 15) is 13.6 Å². The van der Waals surface area contributed by atoms with Crippen LogP contribution in [0.5, 0.6) is 11.5 Å². The third-order valence-corrected chi connectivity index (χ3v) is 7.63. The predicted octanol–water partition coefficient (Wildman–Crippen LogP) is 6.42. The van der Waals surface area contributed by atoms with E-state index < -0.39 is 6.61 Å². The lowest BCUT2D eigenvalue weighted by Crippen LogP contribution is -2.48. The van der Waals surface area contributed by atoms with Gasteiger partial charge in [0.25, 0.3) is 0 Å². The highest BCUT2D eigenvalue weighted by Gasteiger charge is 2.51. The lowest BCUT2D eigenvalue weighted by Gasteiger charge is -2.57. The Kier molecular flexibility index (Phi) is 5.85. The van der Waals surface area contributed by atoms with Crippen molar-refractivity contribution in [1.82, 2.24) is 0 Å². The Labute approximate surface area is 193 Å². The molecule has 33 heavy (non-hydrogen) atoms. The molecule has 0 aromatic heterocycles. The molecule has 4 bridgehead atoms. The van der Waals surface area contributed by atoms with Gasteiger partial charge in [0.15, 0.2) is 11.5 Å². The van der Waals surface area contributed by atoms with Gasteiger partial charge in [0, 0.05) is 11.8 Å². The van der Waals surface area contributed by atoms with Crippen LogP contribution in [-0.4, -0.2) is 19.6 Å². The fraction of sp³-hybridized carbons (Fsp3) is 0.444. The van der Waals surface area contributed by atoms with E-state index in [0.717, 1.165) is 23.4 Å². The van der Waals surface area contributed by atoms with E-state index in [1.165, 1.54) is 63.3 Å². The van der Waals surface area contributed by atoms with E-state index in [-0.39, 0.29) is 17.4 Å². The Bertz CT molecular complexity index is 1010. The molecule has 0 radical (unpaired) electrons. The highest BCUT2D eigenvalue weighted by molar-refractivity contribution is 6.01. The first kappa shape index (κ1) is 21.9. The van der Waals surface area contributed by atoms with Crippen LogP contribution in [0.2, 0.25) is 0 Å². The van der Waals surface area contributed by atoms with Crippen LogP contribution in [0.3, 0.4) is 0 Å². The third-order valence-electron chi connectivity index (χ3n) is 7.63. The first-order valence-corrected chi connectivity index (χ1v) is 11.6. The van der Waals surface area contributed by atoms with Gasteiger partial charge < -0.3 is 14.8 Å². The van der Waals surface area contributed by atoms with E-state index in [2.05, 4.69) is 22.2 Å². The van der Waals surface area contributed by atoms with Gasteiger partial charge in [-0.3, -0.25) is 4.79 Å². The molecule has 0 atom stereocenters. The Balaban J connectivity index is 1.22. The molecule has 4 fully saturated rings. The maximum Gasteiger partial charge on any atom is 0.387 e. The van der Waals surface area contributed by atoms with Crippen molar-refractivity contribution in [2.24, 2.45) is 17.8 Å². The fourth-order valence-corrected chi connectivity index (χ4v) is 6.71. The SMILES string of the molecule is COc1cc(/C=C/C(=O)Nc2ccc(C34CC5CC(CC(C5)C3)C4)cc2)ccc1OC(F)F. The maximum absolute atomic E-state index is 12.5. The summed E-state index contributed by atoms with van der Waals surface area (Å²) in [6.45, 7) is -2.93. The van der Waals surface area contributed by atoms with Crippen LogP contribution in [0, 0.1) is 17.8 Å². The van der Waals surface area contributed by atoms with E-state index in [0.29, 0.717) is 11.0 Å². The lowest BCUT2D eigenvalue weighted by molar-refractivity contribution is -0.111. The number of nitrogens with one attached hydrogen (secondary N) is 1. The molecule has 6 rings (SSSR count). The van der Waals surface area contributed by atoms with Gasteiger partial charge in [-0.05, 0) is 103 Å². The fourth-order valence-electron chi connectivity index (χ4n) is 6.71. The number of alkyl halides is 2. The largest absolute Gasteiger partial charge is 0.493 e. The van der Waals surface area contributed by atoms with Crippen molar-refractivity contribution in [2.75, 3.05) is 12.4 Å². The number of carbonyl (C=O) groups excluding carboxylic acids is 1. The summed E-state index contributed by atoms with van der Waals surface area (Å²) in [6.07, 6.45) is 11.2. The second-order valence-corrected chi connectivity index (χ2v) is 9.89. The lowest BCUT2D eigenvalue weighted by atomic mass is 9.48. The first-order valence-electron chi connectivity index (χ1n) is 11.6. The molecule has 2 aromatic carbocycles. The zero-order valence-corrected chi connectivity index (χ0v) is 18.7. The van der Waals surface area contributed by atoms with Crippen molar-refractivity contribution < 1.29 is 23.0 Å². The summed E-state index contributed by atoms with van der Waals surface area (Å²) >= 11 is 0. The number of halogens is 2. The molecule has 4 aliphatic carbocycles. The van der Waals surface area contributed by atoms with Gasteiger partial charge in [-0.1, -0.05) is 18.2 Å². The minimum absolute atomic E-state index is 0.0479. The van der Waals surface area contributed by atoms with Crippen LogP contribution in [0.25, 0.3) is 6.08 Å². The third kappa shape index (κ3) is 4.61. The van der Waals surface area contributed by atoms with E-state index >= 15 is 0 Å². The van der Waals surface area contributed by atoms with Crippen molar-refractivity contribution in [3.8, 4) is 11.5 Å². The topological polar surface area (TPSA) is 47.6 Å². The van der Waals surface area contributed by atoms with Crippen molar-refractivity contribution in [3.63, 3.8) is 0 Å². The molecule has 2 aromatic rings. The number of ether oxygens (including phenoxy) is 2. The molecule has 0 saturated heterocycles. The predicted molar refractivity (Wildman–Crippen MR) is 124 cm³/mol. The number of methoxy groups -OCH3 is 1. The smallest absolute Gasteiger partial charge is 0.387 e. The van der Waals surface area contributed by atoms with Gasteiger partial charge in [-0.2, -0.15) is 8.78 Å². The summed E-state index contributed by atoms with van der Waals surface area (Å²) in [7, 11) is 1.38. The number of anilines is 1. The minimum Gasteiger partial charge on any atom is -0.493 e. The van der Waals surface area contributed by atoms with E-state index in [1.807, 2.05) is 12.1 Å². The number of carbonyl (C=O) groups is 1. The van der Waals surface area contributed by atoms with Crippen LogP contribution in [0.4, 0.5) is 14.5 Å². The van der Waals surface area contributed by atoms with Crippen molar-refractivity contribution in [1.29, 1.82) is 0 Å². The standard InChI is InChI=1S/C27H29F2NO3/c1-32-24-13-17(2-8-23(24)33-26(28)29)3-9-25(31)30-22-6-4-21(5-7-22)27-14-18-10-19(15-27)12-20(11-18)16-27/h2-9,13,18-20,26H,10-12,14-16H2,1H3,(H,30,31)/b9-3+. The maximum atomic E-state index is 12.5. The van der Waals surface area contributed by atoms with Crippen molar-refractivity contribution in [3.05, 3.63) is 59.7 Å². The zero-order valence-electron chi connectivity index (χ0n) is 18.7. The van der Waals surface area contributed by atoms with E-state index in [1.54, 1.807) is 18.2 Å². The molecule has 0 spiro atoms. The van der Waals surface area contributed by atoms with Gasteiger partial charge in [0.05, 0.1) is 7.11 Å². The summed E-state index contributed by atoms with van der Waals surface area (Å²) in [5.41, 5.74) is 3.17. The van der Waals surface area contributed by atoms with Crippen molar-refractivity contribution in [2.45, 2.75) is 50.6 Å². The molecule has 1 amide bonds. The molecule has 4 aliphatic rings. The Morgan fingerprint density at radius 2 is 1.64 bits per heavy atom. The molecule has 6 heteroatoms. The number of benzene rings is 2. The second-order valence-electron chi connectivity index (χ2n) is 9.89. The summed E-state index contributed by atoms with van der Waals surface area (Å²) in [5.74, 6) is 2.57.